The summed E-state index contributed by atoms with van der Waals surface area (Å²) in [7, 11) is 0. The number of aromatic amines is 1. The molecular formula is C21H13NO2. The van der Waals surface area contributed by atoms with Crippen molar-refractivity contribution in [2.45, 2.75) is 0 Å². The van der Waals surface area contributed by atoms with Gasteiger partial charge in [-0.1, -0.05) is 48.5 Å². The lowest BCUT2D eigenvalue weighted by atomic mass is 9.98. The fourth-order valence-electron chi connectivity index (χ4n) is 3.60. The fraction of sp³-hybridized carbons (Fsp3) is 0. The molecule has 0 saturated heterocycles. The van der Waals surface area contributed by atoms with E-state index in [9.17, 15) is 9.90 Å². The smallest absolute Gasteiger partial charge is 0.335 e. The second-order valence-electron chi connectivity index (χ2n) is 6.06. The van der Waals surface area contributed by atoms with Gasteiger partial charge in [-0.2, -0.15) is 0 Å². The SMILES string of the molecule is O=C(O)c1ccc2c(ccc3c2ccc2c4ccccc4[nH]c23)c1. The van der Waals surface area contributed by atoms with Crippen molar-refractivity contribution >= 4 is 49.3 Å². The number of rotatable bonds is 1. The van der Waals surface area contributed by atoms with E-state index in [1.165, 1.54) is 10.8 Å². The maximum absolute atomic E-state index is 11.2. The molecule has 5 aromatic rings. The van der Waals surface area contributed by atoms with Gasteiger partial charge in [0, 0.05) is 21.7 Å². The maximum atomic E-state index is 11.2. The topological polar surface area (TPSA) is 53.1 Å². The number of hydrogen-bond donors (Lipinski definition) is 2. The van der Waals surface area contributed by atoms with E-state index in [2.05, 4.69) is 35.3 Å². The molecule has 0 fully saturated rings. The van der Waals surface area contributed by atoms with Gasteiger partial charge in [0.05, 0.1) is 11.1 Å². The van der Waals surface area contributed by atoms with Crippen LogP contribution in [-0.4, -0.2) is 16.1 Å². The monoisotopic (exact) mass is 311 g/mol. The van der Waals surface area contributed by atoms with Gasteiger partial charge >= 0.3 is 5.97 Å². The number of H-pyrrole nitrogens is 1. The first-order chi connectivity index (χ1) is 11.7. The van der Waals surface area contributed by atoms with E-state index < -0.39 is 5.97 Å². The lowest BCUT2D eigenvalue weighted by Crippen LogP contribution is -1.95. The van der Waals surface area contributed by atoms with Gasteiger partial charge in [0.15, 0.2) is 0 Å². The van der Waals surface area contributed by atoms with Gasteiger partial charge in [-0.25, -0.2) is 4.79 Å². The molecule has 0 aliphatic rings. The highest BCUT2D eigenvalue weighted by Crippen LogP contribution is 2.34. The minimum absolute atomic E-state index is 0.313. The first kappa shape index (κ1) is 13.1. The van der Waals surface area contributed by atoms with Gasteiger partial charge in [0.25, 0.3) is 0 Å². The van der Waals surface area contributed by atoms with Crippen molar-refractivity contribution in [3.05, 3.63) is 72.3 Å². The normalized spacial score (nSPS) is 11.7. The molecule has 3 nitrogen and oxygen atoms in total. The molecule has 0 radical (unpaired) electrons. The van der Waals surface area contributed by atoms with E-state index in [1.807, 2.05) is 24.3 Å². The molecule has 0 atom stereocenters. The number of benzene rings is 4. The lowest BCUT2D eigenvalue weighted by molar-refractivity contribution is 0.0697. The van der Waals surface area contributed by atoms with Crippen LogP contribution < -0.4 is 0 Å². The number of nitrogens with one attached hydrogen (secondary N) is 1. The highest BCUT2D eigenvalue weighted by atomic mass is 16.4. The largest absolute Gasteiger partial charge is 0.478 e. The number of para-hydroxylation sites is 1. The summed E-state index contributed by atoms with van der Waals surface area (Å²) in [4.78, 5) is 14.7. The molecule has 1 heterocycles. The number of hydrogen-bond acceptors (Lipinski definition) is 1. The van der Waals surface area contributed by atoms with Crippen LogP contribution in [0.5, 0.6) is 0 Å². The second-order valence-corrected chi connectivity index (χ2v) is 6.06. The number of carboxylic acid groups (broad SMARTS) is 1. The number of carbonyl (C=O) groups is 1. The van der Waals surface area contributed by atoms with Crippen molar-refractivity contribution in [1.29, 1.82) is 0 Å². The Labute approximate surface area is 137 Å². The first-order valence-electron chi connectivity index (χ1n) is 7.81. The summed E-state index contributed by atoms with van der Waals surface area (Å²) in [6.07, 6.45) is 0. The number of fused-ring (bicyclic) bond motifs is 7. The highest BCUT2D eigenvalue weighted by molar-refractivity contribution is 6.22. The molecule has 0 saturated carbocycles. The summed E-state index contributed by atoms with van der Waals surface area (Å²) in [5.74, 6) is -0.900. The van der Waals surface area contributed by atoms with Crippen molar-refractivity contribution < 1.29 is 9.90 Å². The molecule has 0 amide bonds. The van der Waals surface area contributed by atoms with Crippen LogP contribution in [0.4, 0.5) is 0 Å². The Balaban J connectivity index is 1.93. The zero-order valence-corrected chi connectivity index (χ0v) is 12.7. The van der Waals surface area contributed by atoms with Gasteiger partial charge in [0.2, 0.25) is 0 Å². The van der Waals surface area contributed by atoms with E-state index in [4.69, 9.17) is 0 Å². The molecule has 1 aromatic heterocycles. The summed E-state index contributed by atoms with van der Waals surface area (Å²) in [5.41, 5.74) is 2.56. The first-order valence-corrected chi connectivity index (χ1v) is 7.81. The second kappa shape index (κ2) is 4.59. The Morgan fingerprint density at radius 2 is 1.46 bits per heavy atom. The van der Waals surface area contributed by atoms with Crippen LogP contribution in [0, 0.1) is 0 Å². The van der Waals surface area contributed by atoms with Gasteiger partial charge in [-0.3, -0.25) is 0 Å². The van der Waals surface area contributed by atoms with Crippen LogP contribution >= 0.6 is 0 Å². The summed E-state index contributed by atoms with van der Waals surface area (Å²) < 4.78 is 0. The molecule has 4 aromatic carbocycles. The molecule has 0 spiro atoms. The fourth-order valence-corrected chi connectivity index (χ4v) is 3.60. The maximum Gasteiger partial charge on any atom is 0.335 e. The summed E-state index contributed by atoms with van der Waals surface area (Å²) >= 11 is 0. The molecule has 0 bridgehead atoms. The number of carboxylic acids is 1. The van der Waals surface area contributed by atoms with Gasteiger partial charge in [0.1, 0.15) is 0 Å². The molecule has 114 valence electrons. The third kappa shape index (κ3) is 1.69. The van der Waals surface area contributed by atoms with Gasteiger partial charge < -0.3 is 10.1 Å². The van der Waals surface area contributed by atoms with Crippen LogP contribution in [0.15, 0.2) is 66.7 Å². The van der Waals surface area contributed by atoms with Gasteiger partial charge in [-0.05, 0) is 34.4 Å². The van der Waals surface area contributed by atoms with Crippen LogP contribution in [0.2, 0.25) is 0 Å². The van der Waals surface area contributed by atoms with E-state index in [0.717, 1.165) is 32.6 Å². The minimum atomic E-state index is -0.900. The molecule has 0 aliphatic carbocycles. The quantitative estimate of drug-likeness (QED) is 0.411. The van der Waals surface area contributed by atoms with Crippen LogP contribution in [0.25, 0.3) is 43.4 Å². The molecule has 24 heavy (non-hydrogen) atoms. The third-order valence-electron chi connectivity index (χ3n) is 4.74. The Hall–Kier alpha value is -3.33. The number of aromatic nitrogens is 1. The van der Waals surface area contributed by atoms with Crippen LogP contribution in [0.3, 0.4) is 0 Å². The van der Waals surface area contributed by atoms with Crippen LogP contribution in [-0.2, 0) is 0 Å². The molecule has 5 rings (SSSR count). The van der Waals surface area contributed by atoms with Crippen molar-refractivity contribution in [3.63, 3.8) is 0 Å². The Morgan fingerprint density at radius 3 is 2.33 bits per heavy atom. The standard InChI is InChI=1S/C21H13NO2/c23-21(24)13-6-7-14-12(11-13)5-8-17-15(14)9-10-18-16-3-1-2-4-19(16)22-20(17)18/h1-11,22H,(H,23,24). The zero-order valence-electron chi connectivity index (χ0n) is 12.7. The zero-order chi connectivity index (χ0) is 16.3. The Morgan fingerprint density at radius 1 is 0.750 bits per heavy atom. The van der Waals surface area contributed by atoms with E-state index in [-0.39, 0.29) is 0 Å². The summed E-state index contributed by atoms with van der Waals surface area (Å²) in [6.45, 7) is 0. The van der Waals surface area contributed by atoms with Crippen molar-refractivity contribution in [2.24, 2.45) is 0 Å². The Bertz CT molecular complexity index is 1280. The molecule has 2 N–H and O–H groups in total. The summed E-state index contributed by atoms with van der Waals surface area (Å²) in [6, 6.07) is 21.9. The average molecular weight is 311 g/mol. The average Bonchev–Trinajstić information content (AvgIpc) is 2.99. The van der Waals surface area contributed by atoms with E-state index in [0.29, 0.717) is 5.56 Å². The van der Waals surface area contributed by atoms with Crippen molar-refractivity contribution in [3.8, 4) is 0 Å². The highest BCUT2D eigenvalue weighted by Gasteiger charge is 2.10. The van der Waals surface area contributed by atoms with Crippen molar-refractivity contribution in [1.82, 2.24) is 4.98 Å². The van der Waals surface area contributed by atoms with Crippen LogP contribution in [0.1, 0.15) is 10.4 Å². The van der Waals surface area contributed by atoms with Gasteiger partial charge in [-0.15, -0.1) is 0 Å². The lowest BCUT2D eigenvalue weighted by Gasteiger charge is -2.06. The Kier molecular flexibility index (Phi) is 2.51. The van der Waals surface area contributed by atoms with Crippen molar-refractivity contribution in [2.75, 3.05) is 0 Å². The predicted octanol–water partition coefficient (Wildman–Crippen LogP) is 5.33. The predicted molar refractivity (Wildman–Crippen MR) is 97.8 cm³/mol. The van der Waals surface area contributed by atoms with E-state index in [1.54, 1.807) is 12.1 Å². The molecule has 0 unspecified atom stereocenters. The van der Waals surface area contributed by atoms with E-state index >= 15 is 0 Å². The summed E-state index contributed by atoms with van der Waals surface area (Å²) in [5, 5.41) is 15.9. The molecular weight excluding hydrogens is 298 g/mol. The number of aromatic carboxylic acids is 1. The minimum Gasteiger partial charge on any atom is -0.478 e. The molecule has 0 aliphatic heterocycles. The third-order valence-corrected chi connectivity index (χ3v) is 4.74. The molecule has 3 heteroatoms.